The van der Waals surface area contributed by atoms with Crippen molar-refractivity contribution in [3.8, 4) is 0 Å². The molecule has 0 saturated heterocycles. The van der Waals surface area contributed by atoms with E-state index in [1.165, 1.54) is 22.3 Å². The number of anilines is 1. The van der Waals surface area contributed by atoms with E-state index in [0.717, 1.165) is 50.1 Å². The topological polar surface area (TPSA) is 57.7 Å². The molecule has 2 aromatic rings. The Balaban J connectivity index is 2.15. The Morgan fingerprint density at radius 3 is 1.90 bits per heavy atom. The Kier molecular flexibility index (Phi) is 9.52. The average molecular weight is 408 g/mol. The summed E-state index contributed by atoms with van der Waals surface area (Å²) < 4.78 is 0. The Morgan fingerprint density at radius 2 is 1.37 bits per heavy atom. The van der Waals surface area contributed by atoms with Crippen molar-refractivity contribution in [2.24, 2.45) is 0 Å². The van der Waals surface area contributed by atoms with E-state index in [1.54, 1.807) is 12.7 Å². The van der Waals surface area contributed by atoms with Crippen LogP contribution in [0.25, 0.3) is 11.2 Å². The highest BCUT2D eigenvalue weighted by atomic mass is 15.2. The molecule has 30 heavy (non-hydrogen) atoms. The summed E-state index contributed by atoms with van der Waals surface area (Å²) >= 11 is 0. The first-order valence-corrected chi connectivity index (χ1v) is 10.8. The summed E-state index contributed by atoms with van der Waals surface area (Å²) in [5.74, 6) is 0.902. The maximum absolute atomic E-state index is 4.57. The standard InChI is InChI=1S/C25H37N5/c1-19(2)9-7-11-21(5)13-15-30(16-14-22(6)12-8-10-20(3)4)25-23-24(27-17-26-23)28-18-29-25/h9-10,13-14,17-18H,7-8,11-12,15-16H2,1-6H3,(H,26,27,28,29)/b21-13+,22-14+. The second-order valence-corrected chi connectivity index (χ2v) is 8.44. The molecule has 0 atom stereocenters. The molecule has 162 valence electrons. The summed E-state index contributed by atoms with van der Waals surface area (Å²) in [6, 6.07) is 0. The van der Waals surface area contributed by atoms with Crippen LogP contribution in [-0.4, -0.2) is 33.0 Å². The molecule has 0 radical (unpaired) electrons. The van der Waals surface area contributed by atoms with Crippen LogP contribution in [0.5, 0.6) is 0 Å². The molecule has 0 aliphatic rings. The molecule has 2 aromatic heterocycles. The number of imidazole rings is 1. The van der Waals surface area contributed by atoms with Crippen LogP contribution in [-0.2, 0) is 0 Å². The predicted octanol–water partition coefficient (Wildman–Crippen LogP) is 6.54. The van der Waals surface area contributed by atoms with E-state index in [4.69, 9.17) is 0 Å². The van der Waals surface area contributed by atoms with Gasteiger partial charge in [0.05, 0.1) is 6.33 Å². The Morgan fingerprint density at radius 1 is 0.800 bits per heavy atom. The van der Waals surface area contributed by atoms with Crippen molar-refractivity contribution < 1.29 is 0 Å². The van der Waals surface area contributed by atoms with E-state index in [-0.39, 0.29) is 0 Å². The lowest BCUT2D eigenvalue weighted by atomic mass is 10.1. The number of H-pyrrole nitrogens is 1. The molecule has 0 bridgehead atoms. The second-order valence-electron chi connectivity index (χ2n) is 8.44. The molecule has 0 unspecified atom stereocenters. The molecular weight excluding hydrogens is 370 g/mol. The predicted molar refractivity (Wildman–Crippen MR) is 129 cm³/mol. The summed E-state index contributed by atoms with van der Waals surface area (Å²) in [4.78, 5) is 18.6. The maximum Gasteiger partial charge on any atom is 0.182 e. The first kappa shape index (κ1) is 23.6. The van der Waals surface area contributed by atoms with Crippen LogP contribution in [0.4, 0.5) is 5.82 Å². The molecule has 0 aromatic carbocycles. The fourth-order valence-corrected chi connectivity index (χ4v) is 3.15. The SMILES string of the molecule is CC(C)=CCC/C(C)=C/CN(C/C=C(\C)CCC=C(C)C)c1ncnc2nc[nH]c12. The van der Waals surface area contributed by atoms with Crippen LogP contribution in [0.2, 0.25) is 0 Å². The summed E-state index contributed by atoms with van der Waals surface area (Å²) in [6.07, 6.45) is 16.9. The fraction of sp³-hybridized carbons (Fsp3) is 0.480. The summed E-state index contributed by atoms with van der Waals surface area (Å²) in [5.41, 5.74) is 7.15. The largest absolute Gasteiger partial charge is 0.347 e. The van der Waals surface area contributed by atoms with Gasteiger partial charge in [-0.05, 0) is 67.2 Å². The number of fused-ring (bicyclic) bond motifs is 1. The molecule has 2 heterocycles. The van der Waals surface area contributed by atoms with Gasteiger partial charge in [-0.1, -0.05) is 46.6 Å². The Bertz CT molecular complexity index is 882. The van der Waals surface area contributed by atoms with Gasteiger partial charge in [-0.15, -0.1) is 0 Å². The van der Waals surface area contributed by atoms with Crippen LogP contribution in [0, 0.1) is 0 Å². The highest BCUT2D eigenvalue weighted by Gasteiger charge is 2.12. The highest BCUT2D eigenvalue weighted by Crippen LogP contribution is 2.20. The van der Waals surface area contributed by atoms with Crippen LogP contribution < -0.4 is 4.90 Å². The van der Waals surface area contributed by atoms with E-state index in [0.29, 0.717) is 5.65 Å². The number of hydrogen-bond acceptors (Lipinski definition) is 4. The molecule has 0 spiro atoms. The van der Waals surface area contributed by atoms with Crippen LogP contribution in [0.15, 0.2) is 59.3 Å². The second kappa shape index (κ2) is 12.1. The van der Waals surface area contributed by atoms with E-state index in [2.05, 4.69) is 90.7 Å². The van der Waals surface area contributed by atoms with Crippen molar-refractivity contribution in [1.82, 2.24) is 19.9 Å². The summed E-state index contributed by atoms with van der Waals surface area (Å²) in [5, 5.41) is 0. The quantitative estimate of drug-likeness (QED) is 0.429. The molecule has 0 saturated carbocycles. The van der Waals surface area contributed by atoms with Gasteiger partial charge in [-0.3, -0.25) is 0 Å². The lowest BCUT2D eigenvalue weighted by Crippen LogP contribution is -2.25. The van der Waals surface area contributed by atoms with Crippen LogP contribution in [0.1, 0.15) is 67.2 Å². The van der Waals surface area contributed by atoms with Crippen LogP contribution in [0.3, 0.4) is 0 Å². The number of aromatic amines is 1. The van der Waals surface area contributed by atoms with Gasteiger partial charge in [0, 0.05) is 13.1 Å². The number of rotatable bonds is 11. The van der Waals surface area contributed by atoms with Gasteiger partial charge in [0.2, 0.25) is 0 Å². The van der Waals surface area contributed by atoms with Gasteiger partial charge in [-0.25, -0.2) is 15.0 Å². The number of allylic oxidation sites excluding steroid dienone is 6. The summed E-state index contributed by atoms with van der Waals surface area (Å²) in [7, 11) is 0. The van der Waals surface area contributed by atoms with Crippen molar-refractivity contribution in [1.29, 1.82) is 0 Å². The minimum absolute atomic E-state index is 0.707. The van der Waals surface area contributed by atoms with Gasteiger partial charge in [0.15, 0.2) is 11.5 Å². The molecule has 0 amide bonds. The zero-order valence-corrected chi connectivity index (χ0v) is 19.5. The first-order chi connectivity index (χ1) is 14.4. The Hall–Kier alpha value is -2.69. The fourth-order valence-electron chi connectivity index (χ4n) is 3.15. The molecule has 5 nitrogen and oxygen atoms in total. The minimum atomic E-state index is 0.707. The number of nitrogens with zero attached hydrogens (tertiary/aromatic N) is 4. The van der Waals surface area contributed by atoms with Crippen molar-refractivity contribution in [2.45, 2.75) is 67.2 Å². The summed E-state index contributed by atoms with van der Waals surface area (Å²) in [6.45, 7) is 14.6. The highest BCUT2D eigenvalue weighted by molar-refractivity contribution is 5.82. The van der Waals surface area contributed by atoms with Crippen LogP contribution >= 0.6 is 0 Å². The molecule has 1 N–H and O–H groups in total. The van der Waals surface area contributed by atoms with Crippen molar-refractivity contribution in [3.05, 3.63) is 59.3 Å². The normalized spacial score (nSPS) is 12.2. The molecule has 5 heteroatoms. The van der Waals surface area contributed by atoms with E-state index in [9.17, 15) is 0 Å². The van der Waals surface area contributed by atoms with Crippen molar-refractivity contribution >= 4 is 17.0 Å². The Labute approximate surface area is 181 Å². The average Bonchev–Trinajstić information content (AvgIpc) is 3.16. The molecule has 0 aliphatic carbocycles. The van der Waals surface area contributed by atoms with Gasteiger partial charge in [0.25, 0.3) is 0 Å². The first-order valence-electron chi connectivity index (χ1n) is 10.8. The van der Waals surface area contributed by atoms with E-state index >= 15 is 0 Å². The third kappa shape index (κ3) is 7.97. The number of hydrogen-bond donors (Lipinski definition) is 1. The third-order valence-corrected chi connectivity index (χ3v) is 5.01. The maximum atomic E-state index is 4.57. The van der Waals surface area contributed by atoms with E-state index in [1.807, 2.05) is 0 Å². The molecule has 0 aliphatic heterocycles. The van der Waals surface area contributed by atoms with Gasteiger partial charge in [0.1, 0.15) is 11.8 Å². The monoisotopic (exact) mass is 407 g/mol. The molecular formula is C25H37N5. The molecule has 0 fully saturated rings. The van der Waals surface area contributed by atoms with Crippen molar-refractivity contribution in [3.63, 3.8) is 0 Å². The lowest BCUT2D eigenvalue weighted by Gasteiger charge is -2.22. The number of nitrogens with one attached hydrogen (secondary N) is 1. The zero-order chi connectivity index (χ0) is 21.9. The third-order valence-electron chi connectivity index (χ3n) is 5.01. The molecule has 2 rings (SSSR count). The van der Waals surface area contributed by atoms with Crippen molar-refractivity contribution in [2.75, 3.05) is 18.0 Å². The minimum Gasteiger partial charge on any atom is -0.347 e. The van der Waals surface area contributed by atoms with Gasteiger partial charge < -0.3 is 9.88 Å². The zero-order valence-electron chi connectivity index (χ0n) is 19.5. The van der Waals surface area contributed by atoms with Gasteiger partial charge in [-0.2, -0.15) is 0 Å². The van der Waals surface area contributed by atoms with Gasteiger partial charge >= 0.3 is 0 Å². The van der Waals surface area contributed by atoms with E-state index < -0.39 is 0 Å². The number of aromatic nitrogens is 4. The lowest BCUT2D eigenvalue weighted by molar-refractivity contribution is 0.885. The smallest absolute Gasteiger partial charge is 0.182 e.